The number of nitrogens with one attached hydrogen (secondary N) is 1. The van der Waals surface area contributed by atoms with Crippen molar-refractivity contribution in [3.05, 3.63) is 66.0 Å². The largest absolute Gasteiger partial charge is 0.381 e. The molecule has 0 amide bonds. The Bertz CT molecular complexity index is 631. The van der Waals surface area contributed by atoms with Crippen LogP contribution in [0, 0.1) is 5.92 Å². The number of hydrogen-bond acceptors (Lipinski definition) is 5. The van der Waals surface area contributed by atoms with Gasteiger partial charge in [-0.1, -0.05) is 36.4 Å². The zero-order valence-electron chi connectivity index (χ0n) is 15.8. The minimum Gasteiger partial charge on any atom is -0.381 e. The van der Waals surface area contributed by atoms with Gasteiger partial charge in [0.2, 0.25) is 0 Å². The first-order valence-corrected chi connectivity index (χ1v) is 10.0. The summed E-state index contributed by atoms with van der Waals surface area (Å²) >= 11 is 0. The van der Waals surface area contributed by atoms with Gasteiger partial charge in [0.1, 0.15) is 0 Å². The Labute approximate surface area is 161 Å². The summed E-state index contributed by atoms with van der Waals surface area (Å²) in [7, 11) is 0. The lowest BCUT2D eigenvalue weighted by Gasteiger charge is -2.38. The van der Waals surface area contributed by atoms with Crippen LogP contribution in [-0.2, 0) is 9.47 Å². The van der Waals surface area contributed by atoms with E-state index in [1.54, 1.807) is 0 Å². The van der Waals surface area contributed by atoms with Gasteiger partial charge in [-0.3, -0.25) is 9.88 Å². The second-order valence-electron chi connectivity index (χ2n) is 7.35. The highest BCUT2D eigenvalue weighted by molar-refractivity contribution is 5.27. The second kappa shape index (κ2) is 9.42. The number of pyridine rings is 1. The predicted molar refractivity (Wildman–Crippen MR) is 106 cm³/mol. The van der Waals surface area contributed by atoms with Crippen LogP contribution in [0.15, 0.2) is 54.7 Å². The minimum atomic E-state index is 0.0956. The van der Waals surface area contributed by atoms with E-state index in [9.17, 15) is 0 Å². The number of hydrogen-bond donors (Lipinski definition) is 1. The molecule has 0 bridgehead atoms. The zero-order chi connectivity index (χ0) is 18.3. The molecule has 5 nitrogen and oxygen atoms in total. The van der Waals surface area contributed by atoms with Gasteiger partial charge in [-0.25, -0.2) is 0 Å². The van der Waals surface area contributed by atoms with Crippen molar-refractivity contribution in [3.63, 3.8) is 0 Å². The molecule has 3 atom stereocenters. The molecule has 0 saturated carbocycles. The van der Waals surface area contributed by atoms with Crippen molar-refractivity contribution in [1.29, 1.82) is 0 Å². The highest BCUT2D eigenvalue weighted by atomic mass is 16.5. The van der Waals surface area contributed by atoms with Crippen molar-refractivity contribution >= 4 is 0 Å². The van der Waals surface area contributed by atoms with Crippen LogP contribution in [0.3, 0.4) is 0 Å². The molecule has 2 aliphatic heterocycles. The molecule has 2 saturated heterocycles. The lowest BCUT2D eigenvalue weighted by Crippen LogP contribution is -2.52. The molecule has 144 valence electrons. The Balaban J connectivity index is 1.52. The fourth-order valence-electron chi connectivity index (χ4n) is 4.18. The standard InChI is InChI=1S/C22H29N3O2/c1-2-6-18(7-3-1)22(20-8-4-5-10-23-20)24-16-21(19-9-13-27-17-19)25-11-14-26-15-12-25/h1-8,10,19,21-22,24H,9,11-17H2/t19-,21+,22-/m0/s1. The van der Waals surface area contributed by atoms with Gasteiger partial charge >= 0.3 is 0 Å². The fraction of sp³-hybridized carbons (Fsp3) is 0.500. The SMILES string of the molecule is c1ccc([C@H](NC[C@H]([C@H]2CCOC2)N2CCOCC2)c2ccccn2)cc1. The van der Waals surface area contributed by atoms with Crippen LogP contribution in [0.25, 0.3) is 0 Å². The summed E-state index contributed by atoms with van der Waals surface area (Å²) < 4.78 is 11.3. The second-order valence-corrected chi connectivity index (χ2v) is 7.35. The molecule has 2 aromatic rings. The van der Waals surface area contributed by atoms with Crippen molar-refractivity contribution in [2.75, 3.05) is 46.1 Å². The van der Waals surface area contributed by atoms with Crippen LogP contribution in [0.2, 0.25) is 0 Å². The molecule has 0 aliphatic carbocycles. The van der Waals surface area contributed by atoms with Crippen LogP contribution in [-0.4, -0.2) is 62.0 Å². The summed E-state index contributed by atoms with van der Waals surface area (Å²) in [6.45, 7) is 6.32. The first-order chi connectivity index (χ1) is 13.4. The molecule has 0 spiro atoms. The van der Waals surface area contributed by atoms with E-state index < -0.39 is 0 Å². The smallest absolute Gasteiger partial charge is 0.0751 e. The van der Waals surface area contributed by atoms with E-state index in [-0.39, 0.29) is 6.04 Å². The maximum absolute atomic E-state index is 5.71. The van der Waals surface area contributed by atoms with E-state index in [1.165, 1.54) is 5.56 Å². The average Bonchev–Trinajstić information content (AvgIpc) is 3.28. The summed E-state index contributed by atoms with van der Waals surface area (Å²) in [6, 6.07) is 17.3. The molecule has 4 rings (SSSR count). The summed E-state index contributed by atoms with van der Waals surface area (Å²) in [4.78, 5) is 7.20. The highest BCUT2D eigenvalue weighted by Gasteiger charge is 2.32. The topological polar surface area (TPSA) is 46.6 Å². The van der Waals surface area contributed by atoms with E-state index in [4.69, 9.17) is 9.47 Å². The van der Waals surface area contributed by atoms with Crippen LogP contribution < -0.4 is 5.32 Å². The molecule has 27 heavy (non-hydrogen) atoms. The van der Waals surface area contributed by atoms with E-state index >= 15 is 0 Å². The zero-order valence-corrected chi connectivity index (χ0v) is 15.8. The highest BCUT2D eigenvalue weighted by Crippen LogP contribution is 2.24. The Hall–Kier alpha value is -1.79. The number of benzene rings is 1. The van der Waals surface area contributed by atoms with Gasteiger partial charge < -0.3 is 14.8 Å². The van der Waals surface area contributed by atoms with E-state index in [1.807, 2.05) is 12.3 Å². The summed E-state index contributed by atoms with van der Waals surface area (Å²) in [6.07, 6.45) is 3.01. The monoisotopic (exact) mass is 367 g/mol. The van der Waals surface area contributed by atoms with Gasteiger partial charge in [0.05, 0.1) is 31.6 Å². The quantitative estimate of drug-likeness (QED) is 0.815. The fourth-order valence-corrected chi connectivity index (χ4v) is 4.18. The normalized spacial score (nSPS) is 23.2. The molecule has 3 heterocycles. The maximum Gasteiger partial charge on any atom is 0.0751 e. The van der Waals surface area contributed by atoms with Gasteiger partial charge in [-0.2, -0.15) is 0 Å². The Morgan fingerprint density at radius 2 is 1.81 bits per heavy atom. The molecule has 1 aromatic carbocycles. The van der Waals surface area contributed by atoms with Gasteiger partial charge in [0, 0.05) is 44.4 Å². The van der Waals surface area contributed by atoms with Gasteiger partial charge in [-0.05, 0) is 24.1 Å². The van der Waals surface area contributed by atoms with Gasteiger partial charge in [0.15, 0.2) is 0 Å². The third-order valence-corrected chi connectivity index (χ3v) is 5.67. The maximum atomic E-state index is 5.71. The summed E-state index contributed by atoms with van der Waals surface area (Å²) in [5, 5.41) is 3.83. The third kappa shape index (κ3) is 4.74. The molecular formula is C22H29N3O2. The number of nitrogens with zero attached hydrogens (tertiary/aromatic N) is 2. The van der Waals surface area contributed by atoms with Crippen LogP contribution in [0.1, 0.15) is 23.7 Å². The molecule has 0 unspecified atom stereocenters. The van der Waals surface area contributed by atoms with Crippen LogP contribution >= 0.6 is 0 Å². The third-order valence-electron chi connectivity index (χ3n) is 5.67. The average molecular weight is 367 g/mol. The Kier molecular flexibility index (Phi) is 6.48. The molecule has 5 heteroatoms. The lowest BCUT2D eigenvalue weighted by molar-refractivity contribution is 0.00102. The summed E-state index contributed by atoms with van der Waals surface area (Å²) in [5.41, 5.74) is 2.31. The summed E-state index contributed by atoms with van der Waals surface area (Å²) in [5.74, 6) is 0.579. The Morgan fingerprint density at radius 3 is 2.52 bits per heavy atom. The molecule has 1 N–H and O–H groups in total. The van der Waals surface area contributed by atoms with Crippen molar-refractivity contribution in [1.82, 2.24) is 15.2 Å². The van der Waals surface area contributed by atoms with Crippen molar-refractivity contribution in [2.24, 2.45) is 5.92 Å². The van der Waals surface area contributed by atoms with Gasteiger partial charge in [-0.15, -0.1) is 0 Å². The molecular weight excluding hydrogens is 338 g/mol. The van der Waals surface area contributed by atoms with Gasteiger partial charge in [0.25, 0.3) is 0 Å². The van der Waals surface area contributed by atoms with Crippen LogP contribution in [0.5, 0.6) is 0 Å². The number of aromatic nitrogens is 1. The molecule has 2 fully saturated rings. The molecule has 0 radical (unpaired) electrons. The van der Waals surface area contributed by atoms with Crippen molar-refractivity contribution in [3.8, 4) is 0 Å². The van der Waals surface area contributed by atoms with E-state index in [0.717, 1.165) is 58.2 Å². The number of rotatable bonds is 7. The molecule has 1 aromatic heterocycles. The first kappa shape index (κ1) is 18.6. The Morgan fingerprint density at radius 1 is 1.00 bits per heavy atom. The predicted octanol–water partition coefficient (Wildman–Crippen LogP) is 2.50. The first-order valence-electron chi connectivity index (χ1n) is 10.0. The number of morpholine rings is 1. The number of ether oxygens (including phenoxy) is 2. The van der Waals surface area contributed by atoms with E-state index in [0.29, 0.717) is 12.0 Å². The van der Waals surface area contributed by atoms with E-state index in [2.05, 4.69) is 57.7 Å². The molecule has 2 aliphatic rings. The van der Waals surface area contributed by atoms with Crippen molar-refractivity contribution < 1.29 is 9.47 Å². The van der Waals surface area contributed by atoms with Crippen molar-refractivity contribution in [2.45, 2.75) is 18.5 Å². The lowest BCUT2D eigenvalue weighted by atomic mass is 9.95. The minimum absolute atomic E-state index is 0.0956. The van der Waals surface area contributed by atoms with Crippen LogP contribution in [0.4, 0.5) is 0 Å².